The predicted molar refractivity (Wildman–Crippen MR) is 539 cm³/mol. The zero-order valence-corrected chi connectivity index (χ0v) is 85.5. The van der Waals surface area contributed by atoms with Gasteiger partial charge in [0.2, 0.25) is 0 Å². The molecule has 124 heavy (non-hydrogen) atoms. The van der Waals surface area contributed by atoms with Crippen LogP contribution in [0.3, 0.4) is 0 Å². The van der Waals surface area contributed by atoms with E-state index in [2.05, 4.69) is 241 Å². The molecule has 0 fully saturated rings. The quantitative estimate of drug-likeness (QED) is 0.0274. The zero-order valence-electron chi connectivity index (χ0n) is 82.8. The first-order valence-corrected chi connectivity index (χ1v) is 54.3. The standard InChI is InChI=1S/C112H181O9P3/c1-20-26-32-38-44-47-50-56-62-80-113-122(116-97-74-68-94(69-75-97)65-59-53-41-35-29-23-4)119-107-84-91(8)100(87-104(107)110(11,12)13)90(7)83-103(101-88-105(111(14,15)16)108(85-92(101)9)120-123(114-81-63-57-51-48-45-39-33-27-21-2)117-98-76-70-95(71-77-98)66-60-54-42-36-30-24-5)102-89-106(112(17,18)19)109(86-93(102)10)121-124(115-82-64-58-52-49-46-40-34-28-22-3)118-99-78-72-96(73-79-99)67-61-55-43-37-31-25-6/h68-79,84-90,103H,20-67,80-83H2,1-19H3. The summed E-state index contributed by atoms with van der Waals surface area (Å²) < 4.78 is 63.2. The van der Waals surface area contributed by atoms with Gasteiger partial charge in [0.05, 0.1) is 19.8 Å². The van der Waals surface area contributed by atoms with E-state index in [1.54, 1.807) is 0 Å². The minimum atomic E-state index is -1.84. The van der Waals surface area contributed by atoms with Crippen LogP contribution in [0, 0.1) is 20.8 Å². The number of hydrogen-bond donors (Lipinski definition) is 0. The van der Waals surface area contributed by atoms with Gasteiger partial charge in [-0.15, -0.1) is 0 Å². The van der Waals surface area contributed by atoms with Gasteiger partial charge in [-0.2, -0.15) is 0 Å². The summed E-state index contributed by atoms with van der Waals surface area (Å²) in [5.74, 6) is 4.76. The number of benzene rings is 6. The molecule has 4 unspecified atom stereocenters. The molecule has 9 nitrogen and oxygen atoms in total. The molecule has 6 aromatic rings. The molecule has 0 aliphatic heterocycles. The van der Waals surface area contributed by atoms with Gasteiger partial charge in [0.25, 0.3) is 0 Å². The van der Waals surface area contributed by atoms with Gasteiger partial charge in [0.1, 0.15) is 34.5 Å². The van der Waals surface area contributed by atoms with Gasteiger partial charge in [-0.1, -0.05) is 416 Å². The summed E-state index contributed by atoms with van der Waals surface area (Å²) in [5, 5.41) is 0. The van der Waals surface area contributed by atoms with E-state index in [1.165, 1.54) is 289 Å². The Morgan fingerprint density at radius 3 is 0.694 bits per heavy atom. The fourth-order valence-electron chi connectivity index (χ4n) is 17.1. The Morgan fingerprint density at radius 1 is 0.250 bits per heavy atom. The molecule has 0 saturated carbocycles. The first-order valence-electron chi connectivity index (χ1n) is 51.0. The molecule has 0 spiro atoms. The van der Waals surface area contributed by atoms with Crippen LogP contribution in [0.1, 0.15) is 485 Å². The average Bonchev–Trinajstić information content (AvgIpc) is 0.760. The number of unbranched alkanes of at least 4 members (excludes halogenated alkanes) is 39. The van der Waals surface area contributed by atoms with Gasteiger partial charge in [-0.25, -0.2) is 0 Å². The second-order valence-electron chi connectivity index (χ2n) is 39.7. The normalized spacial score (nSPS) is 13.3. The van der Waals surface area contributed by atoms with E-state index in [4.69, 9.17) is 40.7 Å². The van der Waals surface area contributed by atoms with Crippen LogP contribution >= 0.6 is 25.8 Å². The second kappa shape index (κ2) is 62.6. The van der Waals surface area contributed by atoms with Crippen LogP contribution in [0.15, 0.2) is 109 Å². The minimum Gasteiger partial charge on any atom is -0.418 e. The summed E-state index contributed by atoms with van der Waals surface area (Å²) in [5.41, 5.74) is 13.8. The number of aryl methyl sites for hydroxylation is 6. The Bertz CT molecular complexity index is 3560. The maximum atomic E-state index is 7.33. The van der Waals surface area contributed by atoms with E-state index in [9.17, 15) is 0 Å². The summed E-state index contributed by atoms with van der Waals surface area (Å²) in [4.78, 5) is 0. The molecule has 0 saturated heterocycles. The van der Waals surface area contributed by atoms with Crippen molar-refractivity contribution in [3.8, 4) is 34.5 Å². The van der Waals surface area contributed by atoms with Crippen molar-refractivity contribution in [2.24, 2.45) is 0 Å². The van der Waals surface area contributed by atoms with Gasteiger partial charge >= 0.3 is 25.8 Å². The van der Waals surface area contributed by atoms with Crippen molar-refractivity contribution in [2.75, 3.05) is 19.8 Å². The zero-order chi connectivity index (χ0) is 89.6. The summed E-state index contributed by atoms with van der Waals surface area (Å²) in [6, 6.07) is 40.6. The summed E-state index contributed by atoms with van der Waals surface area (Å²) >= 11 is 0. The summed E-state index contributed by atoms with van der Waals surface area (Å²) in [6.45, 7) is 45.7. The van der Waals surface area contributed by atoms with Gasteiger partial charge < -0.3 is 27.1 Å². The van der Waals surface area contributed by atoms with Crippen LogP contribution in [0.5, 0.6) is 34.5 Å². The SMILES string of the molecule is CCCCCCCCCCCOP(Oc1ccc(CCCCCCCC)cc1)Oc1cc(C)c(C(C)CC(c2cc(C(C)(C)C)c(OP(OCCCCCCCCCCC)Oc3ccc(CCCCCCCC)cc3)cc2C)c2cc(C(C)(C)C)c(OP(OCCCCCCCCCCC)Oc3ccc(CCCCCCCC)cc3)cc2C)cc1C(C)(C)C. The van der Waals surface area contributed by atoms with Crippen molar-refractivity contribution >= 4 is 25.8 Å². The summed E-state index contributed by atoms with van der Waals surface area (Å²) in [7, 11) is -5.50. The highest BCUT2D eigenvalue weighted by Gasteiger charge is 2.35. The molecule has 0 radical (unpaired) electrons. The first-order chi connectivity index (χ1) is 59.9. The molecule has 0 heterocycles. The molecule has 4 atom stereocenters. The third-order valence-corrected chi connectivity index (χ3v) is 28.3. The Balaban J connectivity index is 1.45. The van der Waals surface area contributed by atoms with E-state index < -0.39 is 25.8 Å². The largest absolute Gasteiger partial charge is 0.463 e. The van der Waals surface area contributed by atoms with Crippen molar-refractivity contribution in [3.05, 3.63) is 176 Å². The lowest BCUT2D eigenvalue weighted by Crippen LogP contribution is -2.19. The molecule has 0 aliphatic rings. The maximum Gasteiger partial charge on any atom is 0.463 e. The topological polar surface area (TPSA) is 83.1 Å². The molecule has 0 N–H and O–H groups in total. The lowest BCUT2D eigenvalue weighted by atomic mass is 9.74. The lowest BCUT2D eigenvalue weighted by Gasteiger charge is -2.33. The predicted octanol–water partition coefficient (Wildman–Crippen LogP) is 38.2. The first kappa shape index (κ1) is 108. The Hall–Kier alpha value is -4.71. The van der Waals surface area contributed by atoms with Crippen LogP contribution in [0.2, 0.25) is 0 Å². The Kier molecular flexibility index (Phi) is 54.5. The Morgan fingerprint density at radius 2 is 0.460 bits per heavy atom. The fourth-order valence-corrected chi connectivity index (χ4v) is 20.2. The van der Waals surface area contributed by atoms with Crippen LogP contribution in [0.25, 0.3) is 0 Å². The molecule has 0 aliphatic carbocycles. The summed E-state index contributed by atoms with van der Waals surface area (Å²) in [6.07, 6.45) is 60.6. The third kappa shape index (κ3) is 43.3. The van der Waals surface area contributed by atoms with Crippen molar-refractivity contribution in [1.82, 2.24) is 0 Å². The monoisotopic (exact) mass is 1760 g/mol. The van der Waals surface area contributed by atoms with Crippen LogP contribution in [-0.4, -0.2) is 19.8 Å². The fraction of sp³-hybridized carbons (Fsp3) is 0.679. The molecular formula is C112H181O9P3. The molecule has 698 valence electrons. The van der Waals surface area contributed by atoms with Crippen molar-refractivity contribution < 1.29 is 40.7 Å². The molecule has 6 aromatic carbocycles. The third-order valence-electron chi connectivity index (χ3n) is 25.0. The molecule has 12 heteroatoms. The number of rotatable bonds is 71. The molecule has 0 aromatic heterocycles. The van der Waals surface area contributed by atoms with Gasteiger partial charge in [-0.3, -0.25) is 13.6 Å². The number of hydrogen-bond acceptors (Lipinski definition) is 9. The molecular weight excluding hydrogens is 1580 g/mol. The molecule has 0 amide bonds. The maximum absolute atomic E-state index is 7.33. The van der Waals surface area contributed by atoms with Crippen molar-refractivity contribution in [3.63, 3.8) is 0 Å². The van der Waals surface area contributed by atoms with Gasteiger partial charge in [0.15, 0.2) is 0 Å². The molecule has 6 rings (SSSR count). The van der Waals surface area contributed by atoms with Crippen molar-refractivity contribution in [2.45, 2.75) is 474 Å². The van der Waals surface area contributed by atoms with Gasteiger partial charge in [-0.05, 0) is 212 Å². The van der Waals surface area contributed by atoms with Crippen molar-refractivity contribution in [1.29, 1.82) is 0 Å². The minimum absolute atomic E-state index is 0.0763. The lowest BCUT2D eigenvalue weighted by molar-refractivity contribution is 0.256. The second-order valence-corrected chi connectivity index (χ2v) is 43.0. The Labute approximate surface area is 766 Å². The van der Waals surface area contributed by atoms with Crippen LogP contribution in [0.4, 0.5) is 0 Å². The van der Waals surface area contributed by atoms with Gasteiger partial charge in [0, 0.05) is 22.6 Å². The van der Waals surface area contributed by atoms with E-state index in [-0.39, 0.29) is 28.1 Å². The highest BCUT2D eigenvalue weighted by atomic mass is 31.2. The van der Waals surface area contributed by atoms with Crippen LogP contribution < -0.4 is 27.1 Å². The smallest absolute Gasteiger partial charge is 0.418 e. The average molecular weight is 1760 g/mol. The van der Waals surface area contributed by atoms with E-state index in [0.717, 1.165) is 127 Å². The molecule has 0 bridgehead atoms. The highest BCUT2D eigenvalue weighted by Crippen LogP contribution is 2.53. The van der Waals surface area contributed by atoms with E-state index in [1.807, 2.05) is 0 Å². The van der Waals surface area contributed by atoms with E-state index in [0.29, 0.717) is 19.8 Å². The highest BCUT2D eigenvalue weighted by molar-refractivity contribution is 7.43. The van der Waals surface area contributed by atoms with E-state index >= 15 is 0 Å². The van der Waals surface area contributed by atoms with Crippen LogP contribution in [-0.2, 0) is 49.1 Å².